The van der Waals surface area contributed by atoms with Crippen LogP contribution in [0.2, 0.25) is 0 Å². The van der Waals surface area contributed by atoms with Crippen LogP contribution in [-0.4, -0.2) is 52.2 Å². The van der Waals surface area contributed by atoms with Gasteiger partial charge in [0.2, 0.25) is 10.0 Å². The first-order valence-electron chi connectivity index (χ1n) is 6.16. The van der Waals surface area contributed by atoms with Gasteiger partial charge in [0.1, 0.15) is 9.84 Å². The van der Waals surface area contributed by atoms with Gasteiger partial charge in [0.15, 0.2) is 0 Å². The van der Waals surface area contributed by atoms with Crippen molar-refractivity contribution in [3.63, 3.8) is 0 Å². The number of sulfone groups is 1. The van der Waals surface area contributed by atoms with Crippen LogP contribution in [0.5, 0.6) is 0 Å². The van der Waals surface area contributed by atoms with E-state index < -0.39 is 30.6 Å². The molecule has 0 aromatic carbocycles. The smallest absolute Gasteiger partial charge is 0.215 e. The summed E-state index contributed by atoms with van der Waals surface area (Å²) in [7, 11) is -6.45. The van der Waals surface area contributed by atoms with Gasteiger partial charge in [-0.15, -0.1) is 0 Å². The summed E-state index contributed by atoms with van der Waals surface area (Å²) in [5.41, 5.74) is -0.435. The van der Waals surface area contributed by atoms with Crippen molar-refractivity contribution in [2.45, 2.75) is 37.0 Å². The second kappa shape index (κ2) is 4.73. The van der Waals surface area contributed by atoms with Gasteiger partial charge in [-0.2, -0.15) is 0 Å². The molecule has 2 heterocycles. The molecular weight excluding hydrogens is 276 g/mol. The van der Waals surface area contributed by atoms with E-state index in [1.807, 2.05) is 6.92 Å². The average Bonchev–Trinajstić information content (AvgIpc) is 2.63. The largest absolute Gasteiger partial charge is 0.315 e. The number of hydrogen-bond donors (Lipinski definition) is 2. The van der Waals surface area contributed by atoms with E-state index in [4.69, 9.17) is 0 Å². The zero-order chi connectivity index (χ0) is 13.4. The topological polar surface area (TPSA) is 92.3 Å². The molecule has 2 rings (SSSR count). The van der Waals surface area contributed by atoms with Crippen LogP contribution in [-0.2, 0) is 19.9 Å². The maximum absolute atomic E-state index is 12.2. The van der Waals surface area contributed by atoms with Crippen LogP contribution >= 0.6 is 0 Å². The molecule has 2 aliphatic rings. The SMILES string of the molecule is CC1(NS(=O)(=O)C2CCS(=O)(=O)CC2)CCNC1. The van der Waals surface area contributed by atoms with Gasteiger partial charge >= 0.3 is 0 Å². The highest BCUT2D eigenvalue weighted by atomic mass is 32.2. The van der Waals surface area contributed by atoms with Crippen LogP contribution in [0.25, 0.3) is 0 Å². The fourth-order valence-corrected chi connectivity index (χ4v) is 6.18. The first-order valence-corrected chi connectivity index (χ1v) is 9.53. The van der Waals surface area contributed by atoms with E-state index in [1.54, 1.807) is 0 Å². The lowest BCUT2D eigenvalue weighted by Gasteiger charge is -2.29. The summed E-state index contributed by atoms with van der Waals surface area (Å²) in [5, 5.41) is 2.56. The van der Waals surface area contributed by atoms with E-state index in [0.717, 1.165) is 13.0 Å². The number of sulfonamides is 1. The Labute approximate surface area is 108 Å². The van der Waals surface area contributed by atoms with Crippen molar-refractivity contribution in [3.05, 3.63) is 0 Å². The third kappa shape index (κ3) is 3.23. The van der Waals surface area contributed by atoms with Crippen molar-refractivity contribution in [1.29, 1.82) is 0 Å². The molecule has 0 radical (unpaired) electrons. The van der Waals surface area contributed by atoms with Crippen LogP contribution < -0.4 is 10.0 Å². The van der Waals surface area contributed by atoms with Crippen LogP contribution in [0.15, 0.2) is 0 Å². The molecule has 0 aromatic rings. The molecule has 2 fully saturated rings. The summed E-state index contributed by atoms with van der Waals surface area (Å²) in [4.78, 5) is 0. The Balaban J connectivity index is 2.03. The molecule has 0 saturated carbocycles. The maximum Gasteiger partial charge on any atom is 0.215 e. The third-order valence-corrected chi connectivity index (χ3v) is 7.54. The van der Waals surface area contributed by atoms with Gasteiger partial charge in [-0.1, -0.05) is 0 Å². The zero-order valence-electron chi connectivity index (χ0n) is 10.5. The lowest BCUT2D eigenvalue weighted by atomic mass is 10.0. The van der Waals surface area contributed by atoms with Gasteiger partial charge in [-0.3, -0.25) is 0 Å². The zero-order valence-corrected chi connectivity index (χ0v) is 12.1. The average molecular weight is 296 g/mol. The molecule has 2 aliphatic heterocycles. The van der Waals surface area contributed by atoms with Crippen molar-refractivity contribution in [2.75, 3.05) is 24.6 Å². The van der Waals surface area contributed by atoms with E-state index in [9.17, 15) is 16.8 Å². The number of hydrogen-bond acceptors (Lipinski definition) is 5. The summed E-state index contributed by atoms with van der Waals surface area (Å²) < 4.78 is 49.8. The van der Waals surface area contributed by atoms with E-state index in [2.05, 4.69) is 10.0 Å². The monoisotopic (exact) mass is 296 g/mol. The maximum atomic E-state index is 12.2. The molecule has 2 N–H and O–H groups in total. The highest BCUT2D eigenvalue weighted by Crippen LogP contribution is 2.22. The molecule has 18 heavy (non-hydrogen) atoms. The van der Waals surface area contributed by atoms with Crippen LogP contribution in [0.1, 0.15) is 26.2 Å². The molecule has 0 aromatic heterocycles. The normalized spacial score (nSPS) is 33.6. The molecule has 0 amide bonds. The second-order valence-electron chi connectivity index (χ2n) is 5.49. The van der Waals surface area contributed by atoms with Crippen LogP contribution in [0.4, 0.5) is 0 Å². The number of nitrogens with one attached hydrogen (secondary N) is 2. The van der Waals surface area contributed by atoms with Gasteiger partial charge in [0, 0.05) is 12.1 Å². The van der Waals surface area contributed by atoms with E-state index in [0.29, 0.717) is 6.54 Å². The fourth-order valence-electron chi connectivity index (χ4n) is 2.51. The Morgan fingerprint density at radius 3 is 2.39 bits per heavy atom. The van der Waals surface area contributed by atoms with Crippen molar-refractivity contribution < 1.29 is 16.8 Å². The van der Waals surface area contributed by atoms with Crippen LogP contribution in [0.3, 0.4) is 0 Å². The van der Waals surface area contributed by atoms with Gasteiger partial charge in [0.25, 0.3) is 0 Å². The number of rotatable bonds is 3. The minimum absolute atomic E-state index is 0.0203. The standard InChI is InChI=1S/C10H20N2O4S2/c1-10(4-5-11-8-10)12-18(15,16)9-2-6-17(13,14)7-3-9/h9,11-12H,2-8H2,1H3. The fraction of sp³-hybridized carbons (Fsp3) is 1.00. The first-order chi connectivity index (χ1) is 8.23. The minimum Gasteiger partial charge on any atom is -0.315 e. The van der Waals surface area contributed by atoms with Crippen molar-refractivity contribution in [2.24, 2.45) is 0 Å². The van der Waals surface area contributed by atoms with E-state index in [1.165, 1.54) is 0 Å². The predicted molar refractivity (Wildman–Crippen MR) is 69.6 cm³/mol. The molecule has 2 saturated heterocycles. The Morgan fingerprint density at radius 1 is 1.28 bits per heavy atom. The summed E-state index contributed by atoms with van der Waals surface area (Å²) in [6.45, 7) is 3.30. The first kappa shape index (κ1) is 14.2. The van der Waals surface area contributed by atoms with Crippen molar-refractivity contribution in [3.8, 4) is 0 Å². The second-order valence-corrected chi connectivity index (χ2v) is 9.75. The van der Waals surface area contributed by atoms with Gasteiger partial charge < -0.3 is 5.32 Å². The molecule has 0 aliphatic carbocycles. The minimum atomic E-state index is -3.43. The Morgan fingerprint density at radius 2 is 1.89 bits per heavy atom. The highest BCUT2D eigenvalue weighted by molar-refractivity contribution is 7.92. The molecule has 106 valence electrons. The van der Waals surface area contributed by atoms with Gasteiger partial charge in [0.05, 0.1) is 16.8 Å². The predicted octanol–water partition coefficient (Wildman–Crippen LogP) is -0.765. The summed E-state index contributed by atoms with van der Waals surface area (Å²) in [5.74, 6) is -0.0406. The Hall–Kier alpha value is -0.180. The summed E-state index contributed by atoms with van der Waals surface area (Å²) in [6, 6.07) is 0. The lowest BCUT2D eigenvalue weighted by Crippen LogP contribution is -2.51. The Kier molecular flexibility index (Phi) is 3.74. The molecular formula is C10H20N2O4S2. The summed E-state index contributed by atoms with van der Waals surface area (Å²) >= 11 is 0. The Bertz CT molecular complexity index is 492. The quantitative estimate of drug-likeness (QED) is 0.714. The molecule has 1 unspecified atom stereocenters. The third-order valence-electron chi connectivity index (χ3n) is 3.70. The molecule has 0 spiro atoms. The molecule has 1 atom stereocenters. The molecule has 8 heteroatoms. The van der Waals surface area contributed by atoms with Gasteiger partial charge in [-0.05, 0) is 32.7 Å². The molecule has 0 bridgehead atoms. The van der Waals surface area contributed by atoms with Crippen molar-refractivity contribution in [1.82, 2.24) is 10.0 Å². The van der Waals surface area contributed by atoms with E-state index in [-0.39, 0.29) is 24.3 Å². The molecule has 6 nitrogen and oxygen atoms in total. The summed E-state index contributed by atoms with van der Waals surface area (Å²) in [6.07, 6.45) is 1.18. The van der Waals surface area contributed by atoms with Crippen molar-refractivity contribution >= 4 is 19.9 Å². The highest BCUT2D eigenvalue weighted by Gasteiger charge is 2.38. The van der Waals surface area contributed by atoms with E-state index >= 15 is 0 Å². The van der Waals surface area contributed by atoms with Crippen LogP contribution in [0, 0.1) is 0 Å². The van der Waals surface area contributed by atoms with Gasteiger partial charge in [-0.25, -0.2) is 21.6 Å². The lowest BCUT2D eigenvalue weighted by molar-refractivity contribution is 0.444.